The van der Waals surface area contributed by atoms with E-state index in [0.29, 0.717) is 12.1 Å². The number of nitrogens with zero attached hydrogens (tertiary/aromatic N) is 4. The molecule has 0 spiro atoms. The summed E-state index contributed by atoms with van der Waals surface area (Å²) >= 11 is 0. The van der Waals surface area contributed by atoms with Crippen molar-refractivity contribution >= 4 is 11.9 Å². The first-order valence-corrected chi connectivity index (χ1v) is 9.36. The Hall–Kier alpha value is -2.47. The number of nitrogen functional groups attached to an aromatic ring is 1. The maximum Gasteiger partial charge on any atom is 0.253 e. The zero-order valence-electron chi connectivity index (χ0n) is 15.1. The second-order valence-electron chi connectivity index (χ2n) is 7.32. The molecule has 6 heteroatoms. The molecule has 0 aliphatic carbocycles. The molecule has 0 saturated carbocycles. The highest BCUT2D eigenvalue weighted by Gasteiger charge is 2.37. The Morgan fingerprint density at radius 2 is 1.92 bits per heavy atom. The van der Waals surface area contributed by atoms with Gasteiger partial charge in [0, 0.05) is 42.5 Å². The van der Waals surface area contributed by atoms with E-state index in [0.717, 1.165) is 29.9 Å². The van der Waals surface area contributed by atoms with E-state index in [1.54, 1.807) is 6.20 Å². The summed E-state index contributed by atoms with van der Waals surface area (Å²) in [5.74, 6) is 0.362. The summed E-state index contributed by atoms with van der Waals surface area (Å²) in [6.45, 7) is 5.16. The van der Waals surface area contributed by atoms with Crippen LogP contribution < -0.4 is 5.73 Å². The van der Waals surface area contributed by atoms with E-state index in [9.17, 15) is 4.79 Å². The normalized spacial score (nSPS) is 21.4. The number of hydrogen-bond donors (Lipinski definition) is 1. The van der Waals surface area contributed by atoms with Gasteiger partial charge in [-0.1, -0.05) is 18.6 Å². The zero-order chi connectivity index (χ0) is 18.1. The van der Waals surface area contributed by atoms with Gasteiger partial charge in [-0.3, -0.25) is 9.69 Å². The lowest BCUT2D eigenvalue weighted by Gasteiger charge is -2.49. The molecule has 136 valence electrons. The number of anilines is 1. The van der Waals surface area contributed by atoms with Crippen LogP contribution in [-0.4, -0.2) is 57.4 Å². The Bertz CT molecular complexity index is 785. The first kappa shape index (κ1) is 17.0. The number of amides is 1. The lowest BCUT2D eigenvalue weighted by molar-refractivity contribution is 0.00213. The number of carbonyl (C=O) groups is 1. The van der Waals surface area contributed by atoms with Crippen LogP contribution in [0.3, 0.4) is 0 Å². The molecular weight excluding hydrogens is 326 g/mol. The van der Waals surface area contributed by atoms with Crippen LogP contribution in [0.25, 0.3) is 11.3 Å². The van der Waals surface area contributed by atoms with Gasteiger partial charge in [0.05, 0.1) is 5.69 Å². The molecular formula is C20H25N5O. The summed E-state index contributed by atoms with van der Waals surface area (Å²) in [4.78, 5) is 25.3. The van der Waals surface area contributed by atoms with Crippen LogP contribution in [0.5, 0.6) is 0 Å². The fraction of sp³-hybridized carbons (Fsp3) is 0.450. The largest absolute Gasteiger partial charge is 0.368 e. The Balaban J connectivity index is 1.39. The third-order valence-corrected chi connectivity index (χ3v) is 5.57. The maximum atomic E-state index is 12.7. The lowest BCUT2D eigenvalue weighted by Crippen LogP contribution is -2.63. The number of likely N-dealkylation sites (tertiary alicyclic amines) is 2. The van der Waals surface area contributed by atoms with E-state index >= 15 is 0 Å². The van der Waals surface area contributed by atoms with Gasteiger partial charge in [0.2, 0.25) is 5.95 Å². The minimum atomic E-state index is 0.111. The number of rotatable bonds is 3. The number of hydrogen-bond acceptors (Lipinski definition) is 5. The van der Waals surface area contributed by atoms with Gasteiger partial charge in [0.25, 0.3) is 5.91 Å². The summed E-state index contributed by atoms with van der Waals surface area (Å²) < 4.78 is 0. The van der Waals surface area contributed by atoms with Crippen LogP contribution in [0.2, 0.25) is 0 Å². The minimum Gasteiger partial charge on any atom is -0.368 e. The molecule has 1 aromatic heterocycles. The van der Waals surface area contributed by atoms with Crippen LogP contribution in [0.1, 0.15) is 36.5 Å². The van der Waals surface area contributed by atoms with Crippen LogP contribution in [0.4, 0.5) is 5.95 Å². The maximum absolute atomic E-state index is 12.7. The van der Waals surface area contributed by atoms with Crippen LogP contribution in [0.15, 0.2) is 36.5 Å². The van der Waals surface area contributed by atoms with Crippen molar-refractivity contribution in [2.45, 2.75) is 38.3 Å². The van der Waals surface area contributed by atoms with Gasteiger partial charge in [0.15, 0.2) is 0 Å². The van der Waals surface area contributed by atoms with E-state index in [1.165, 1.54) is 25.8 Å². The Kier molecular flexibility index (Phi) is 4.59. The first-order chi connectivity index (χ1) is 12.6. The smallest absolute Gasteiger partial charge is 0.253 e. The van der Waals surface area contributed by atoms with Gasteiger partial charge in [-0.15, -0.1) is 0 Å². The molecule has 3 heterocycles. The third kappa shape index (κ3) is 3.29. The molecule has 1 amide bonds. The second-order valence-corrected chi connectivity index (χ2v) is 7.32. The molecule has 6 nitrogen and oxygen atoms in total. The predicted molar refractivity (Wildman–Crippen MR) is 102 cm³/mol. The molecule has 26 heavy (non-hydrogen) atoms. The molecule has 2 aliphatic rings. The number of aromatic nitrogens is 2. The van der Waals surface area contributed by atoms with Crippen molar-refractivity contribution in [3.8, 4) is 11.3 Å². The van der Waals surface area contributed by atoms with Crippen molar-refractivity contribution in [3.05, 3.63) is 42.1 Å². The first-order valence-electron chi connectivity index (χ1n) is 9.36. The number of benzene rings is 1. The van der Waals surface area contributed by atoms with Crippen LogP contribution in [-0.2, 0) is 0 Å². The molecule has 2 aliphatic heterocycles. The lowest BCUT2D eigenvalue weighted by atomic mass is 9.97. The minimum absolute atomic E-state index is 0.111. The highest BCUT2D eigenvalue weighted by atomic mass is 16.2. The molecule has 4 rings (SSSR count). The van der Waals surface area contributed by atoms with Gasteiger partial charge < -0.3 is 10.6 Å². The van der Waals surface area contributed by atoms with Gasteiger partial charge in [-0.2, -0.15) is 0 Å². The standard InChI is InChI=1S/C20H25N5O/c1-14-4-2-3-11-25(14)17-12-24(13-17)19(26)16-7-5-15(6-8-16)18-9-10-22-20(21)23-18/h5-10,14,17H,2-4,11-13H2,1H3,(H2,21,22,23)/t14-/m1/s1. The monoisotopic (exact) mass is 351 g/mol. The van der Waals surface area contributed by atoms with Crippen molar-refractivity contribution in [2.75, 3.05) is 25.4 Å². The van der Waals surface area contributed by atoms with E-state index in [2.05, 4.69) is 21.8 Å². The van der Waals surface area contributed by atoms with Gasteiger partial charge in [-0.25, -0.2) is 9.97 Å². The Morgan fingerprint density at radius 1 is 1.15 bits per heavy atom. The molecule has 1 aromatic carbocycles. The van der Waals surface area contributed by atoms with Crippen LogP contribution >= 0.6 is 0 Å². The van der Waals surface area contributed by atoms with Crippen molar-refractivity contribution in [1.82, 2.24) is 19.8 Å². The fourth-order valence-electron chi connectivity index (χ4n) is 3.99. The molecule has 0 radical (unpaired) electrons. The van der Waals surface area contributed by atoms with Crippen molar-refractivity contribution in [2.24, 2.45) is 0 Å². The number of carbonyl (C=O) groups excluding carboxylic acids is 1. The average molecular weight is 351 g/mol. The quantitative estimate of drug-likeness (QED) is 0.919. The van der Waals surface area contributed by atoms with Crippen molar-refractivity contribution < 1.29 is 4.79 Å². The number of nitrogens with two attached hydrogens (primary N) is 1. The van der Waals surface area contributed by atoms with Gasteiger partial charge in [-0.05, 0) is 44.5 Å². The summed E-state index contributed by atoms with van der Waals surface area (Å²) in [7, 11) is 0. The number of piperidine rings is 1. The topological polar surface area (TPSA) is 75.3 Å². The highest BCUT2D eigenvalue weighted by molar-refractivity contribution is 5.95. The van der Waals surface area contributed by atoms with Gasteiger partial charge >= 0.3 is 0 Å². The van der Waals surface area contributed by atoms with E-state index < -0.39 is 0 Å². The van der Waals surface area contributed by atoms with E-state index in [-0.39, 0.29) is 11.9 Å². The summed E-state index contributed by atoms with van der Waals surface area (Å²) in [5, 5.41) is 0. The van der Waals surface area contributed by atoms with Crippen LogP contribution in [0, 0.1) is 0 Å². The van der Waals surface area contributed by atoms with Crippen molar-refractivity contribution in [1.29, 1.82) is 0 Å². The Labute approximate surface area is 154 Å². The summed E-state index contributed by atoms with van der Waals surface area (Å²) in [6, 6.07) is 10.5. The van der Waals surface area contributed by atoms with E-state index in [4.69, 9.17) is 5.73 Å². The molecule has 0 bridgehead atoms. The zero-order valence-corrected chi connectivity index (χ0v) is 15.1. The summed E-state index contributed by atoms with van der Waals surface area (Å²) in [5.41, 5.74) is 8.05. The van der Waals surface area contributed by atoms with Gasteiger partial charge in [0.1, 0.15) is 0 Å². The second kappa shape index (κ2) is 7.03. The molecule has 2 N–H and O–H groups in total. The molecule has 2 fully saturated rings. The average Bonchev–Trinajstić information content (AvgIpc) is 2.62. The SMILES string of the molecule is C[C@@H]1CCCCN1C1CN(C(=O)c2ccc(-c3ccnc(N)n3)cc2)C1. The molecule has 2 aromatic rings. The van der Waals surface area contributed by atoms with E-state index in [1.807, 2.05) is 35.2 Å². The fourth-order valence-corrected chi connectivity index (χ4v) is 3.99. The van der Waals surface area contributed by atoms with Crippen molar-refractivity contribution in [3.63, 3.8) is 0 Å². The molecule has 0 unspecified atom stereocenters. The highest BCUT2D eigenvalue weighted by Crippen LogP contribution is 2.26. The predicted octanol–water partition coefficient (Wildman–Crippen LogP) is 2.42. The molecule has 1 atom stereocenters. The summed E-state index contributed by atoms with van der Waals surface area (Å²) in [6.07, 6.45) is 5.53. The molecule has 2 saturated heterocycles. The third-order valence-electron chi connectivity index (χ3n) is 5.57. The Morgan fingerprint density at radius 3 is 2.62 bits per heavy atom.